The van der Waals surface area contributed by atoms with E-state index in [4.69, 9.17) is 23.2 Å². The van der Waals surface area contributed by atoms with Gasteiger partial charge in [0.1, 0.15) is 5.75 Å². The lowest BCUT2D eigenvalue weighted by Crippen LogP contribution is -2.37. The van der Waals surface area contributed by atoms with Crippen LogP contribution in [0.5, 0.6) is 5.75 Å². The molecule has 2 atom stereocenters. The molecule has 2 aromatic carbocycles. The SMILES string of the molecule is CN(CC(=O)Nc1ccccc1OC(F)F)C1c2cc(Cl)cc(Cl)c2CC1O. The topological polar surface area (TPSA) is 61.8 Å². The van der Waals surface area contributed by atoms with Crippen molar-refractivity contribution in [3.63, 3.8) is 0 Å². The monoisotopic (exact) mass is 430 g/mol. The molecule has 0 fully saturated rings. The summed E-state index contributed by atoms with van der Waals surface area (Å²) in [6, 6.07) is 8.80. The zero-order chi connectivity index (χ0) is 20.4. The molecule has 2 N–H and O–H groups in total. The van der Waals surface area contributed by atoms with Crippen molar-refractivity contribution in [3.05, 3.63) is 57.6 Å². The lowest BCUT2D eigenvalue weighted by atomic mass is 10.1. The van der Waals surface area contributed by atoms with Gasteiger partial charge in [0.15, 0.2) is 0 Å². The van der Waals surface area contributed by atoms with E-state index in [1.165, 1.54) is 18.2 Å². The first kappa shape index (κ1) is 20.8. The Morgan fingerprint density at radius 3 is 2.79 bits per heavy atom. The number of nitrogens with zero attached hydrogens (tertiary/aromatic N) is 1. The molecule has 0 radical (unpaired) electrons. The number of hydrogen-bond acceptors (Lipinski definition) is 4. The largest absolute Gasteiger partial charge is 0.433 e. The van der Waals surface area contributed by atoms with Gasteiger partial charge in [0.2, 0.25) is 5.91 Å². The first-order valence-corrected chi connectivity index (χ1v) is 9.21. The Labute approximate surface area is 170 Å². The average Bonchev–Trinajstić information content (AvgIpc) is 2.92. The molecule has 150 valence electrons. The Bertz CT molecular complexity index is 882. The van der Waals surface area contributed by atoms with E-state index in [1.807, 2.05) is 0 Å². The molecule has 0 spiro atoms. The average molecular weight is 431 g/mol. The smallest absolute Gasteiger partial charge is 0.387 e. The van der Waals surface area contributed by atoms with Gasteiger partial charge < -0.3 is 15.2 Å². The van der Waals surface area contributed by atoms with Crippen LogP contribution < -0.4 is 10.1 Å². The van der Waals surface area contributed by atoms with Gasteiger partial charge in [-0.3, -0.25) is 9.69 Å². The van der Waals surface area contributed by atoms with Crippen LogP contribution >= 0.6 is 23.2 Å². The van der Waals surface area contributed by atoms with E-state index >= 15 is 0 Å². The molecule has 0 aliphatic heterocycles. The van der Waals surface area contributed by atoms with E-state index in [0.29, 0.717) is 16.5 Å². The number of aliphatic hydroxyl groups is 1. The number of aliphatic hydroxyl groups excluding tert-OH is 1. The van der Waals surface area contributed by atoms with Crippen LogP contribution in [0.4, 0.5) is 14.5 Å². The Hall–Kier alpha value is -1.93. The second-order valence-electron chi connectivity index (χ2n) is 6.51. The van der Waals surface area contributed by atoms with Gasteiger partial charge >= 0.3 is 6.61 Å². The van der Waals surface area contributed by atoms with Gasteiger partial charge in [0.25, 0.3) is 0 Å². The molecule has 2 aromatic rings. The summed E-state index contributed by atoms with van der Waals surface area (Å²) in [5.74, 6) is -0.570. The number of likely N-dealkylation sites (N-methyl/N-ethyl adjacent to an activating group) is 1. The normalized spacial score (nSPS) is 18.4. The summed E-state index contributed by atoms with van der Waals surface area (Å²) >= 11 is 12.3. The maximum Gasteiger partial charge on any atom is 0.387 e. The Morgan fingerprint density at radius 2 is 2.07 bits per heavy atom. The number of anilines is 1. The van der Waals surface area contributed by atoms with Gasteiger partial charge in [-0.05, 0) is 42.4 Å². The molecule has 0 saturated heterocycles. The van der Waals surface area contributed by atoms with Crippen molar-refractivity contribution >= 4 is 34.8 Å². The third-order valence-electron chi connectivity index (χ3n) is 4.54. The van der Waals surface area contributed by atoms with E-state index in [-0.39, 0.29) is 18.0 Å². The Morgan fingerprint density at radius 1 is 1.36 bits per heavy atom. The number of nitrogens with one attached hydrogen (secondary N) is 1. The number of alkyl halides is 2. The van der Waals surface area contributed by atoms with Crippen LogP contribution in [0, 0.1) is 0 Å². The summed E-state index contributed by atoms with van der Waals surface area (Å²) in [5.41, 5.74) is 1.70. The zero-order valence-electron chi connectivity index (χ0n) is 14.8. The van der Waals surface area contributed by atoms with Crippen molar-refractivity contribution in [2.75, 3.05) is 18.9 Å². The minimum Gasteiger partial charge on any atom is -0.433 e. The summed E-state index contributed by atoms with van der Waals surface area (Å²) in [7, 11) is 1.68. The molecular formula is C19H18Cl2F2N2O3. The van der Waals surface area contributed by atoms with E-state index in [0.717, 1.165) is 11.1 Å². The standard InChI is InChI=1S/C19H18Cl2F2N2O3/c1-25(18-12-6-10(20)7-13(21)11(12)8-15(18)26)9-17(27)24-14-4-2-3-5-16(14)28-19(22)23/h2-7,15,18-19,26H,8-9H2,1H3,(H,24,27). The quantitative estimate of drug-likeness (QED) is 0.723. The highest BCUT2D eigenvalue weighted by molar-refractivity contribution is 6.35. The fourth-order valence-electron chi connectivity index (χ4n) is 3.45. The lowest BCUT2D eigenvalue weighted by Gasteiger charge is -2.27. The highest BCUT2D eigenvalue weighted by atomic mass is 35.5. The van der Waals surface area contributed by atoms with E-state index < -0.39 is 24.7 Å². The van der Waals surface area contributed by atoms with Gasteiger partial charge in [0.05, 0.1) is 24.4 Å². The Kier molecular flexibility index (Phi) is 6.40. The highest BCUT2D eigenvalue weighted by Crippen LogP contribution is 2.40. The fraction of sp³-hybridized carbons (Fsp3) is 0.316. The van der Waals surface area contributed by atoms with Crippen molar-refractivity contribution in [2.45, 2.75) is 25.2 Å². The molecule has 1 aliphatic carbocycles. The Balaban J connectivity index is 1.73. The number of amides is 1. The second-order valence-corrected chi connectivity index (χ2v) is 7.35. The van der Waals surface area contributed by atoms with Crippen molar-refractivity contribution in [1.82, 2.24) is 4.90 Å². The predicted octanol–water partition coefficient (Wildman–Crippen LogP) is 4.12. The van der Waals surface area contributed by atoms with Crippen molar-refractivity contribution in [3.8, 4) is 5.75 Å². The molecule has 5 nitrogen and oxygen atoms in total. The minimum absolute atomic E-state index is 0.0890. The molecule has 2 unspecified atom stereocenters. The summed E-state index contributed by atoms with van der Waals surface area (Å²) in [4.78, 5) is 14.1. The van der Waals surface area contributed by atoms with Crippen LogP contribution in [0.2, 0.25) is 10.0 Å². The van der Waals surface area contributed by atoms with Crippen LogP contribution in [0.15, 0.2) is 36.4 Å². The first-order valence-electron chi connectivity index (χ1n) is 8.46. The number of carbonyl (C=O) groups is 1. The third kappa shape index (κ3) is 4.55. The van der Waals surface area contributed by atoms with Crippen LogP contribution in [0.3, 0.4) is 0 Å². The van der Waals surface area contributed by atoms with Gasteiger partial charge in [-0.15, -0.1) is 0 Å². The second kappa shape index (κ2) is 8.61. The van der Waals surface area contributed by atoms with E-state index in [2.05, 4.69) is 10.1 Å². The van der Waals surface area contributed by atoms with Gasteiger partial charge in [-0.25, -0.2) is 0 Å². The fourth-order valence-corrected chi connectivity index (χ4v) is 4.03. The number of ether oxygens (including phenoxy) is 1. The van der Waals surface area contributed by atoms with Crippen molar-refractivity contribution in [1.29, 1.82) is 0 Å². The van der Waals surface area contributed by atoms with Crippen LogP contribution in [0.1, 0.15) is 17.2 Å². The summed E-state index contributed by atoms with van der Waals surface area (Å²) < 4.78 is 29.4. The number of rotatable bonds is 6. The molecule has 3 rings (SSSR count). The van der Waals surface area contributed by atoms with Gasteiger partial charge in [0, 0.05) is 16.5 Å². The third-order valence-corrected chi connectivity index (χ3v) is 5.09. The number of benzene rings is 2. The highest BCUT2D eigenvalue weighted by Gasteiger charge is 2.36. The number of para-hydroxylation sites is 2. The molecular weight excluding hydrogens is 413 g/mol. The molecule has 1 aliphatic rings. The maximum atomic E-state index is 12.5. The number of carbonyl (C=O) groups excluding carboxylic acids is 1. The lowest BCUT2D eigenvalue weighted by molar-refractivity contribution is -0.118. The van der Waals surface area contributed by atoms with E-state index in [9.17, 15) is 18.7 Å². The number of hydrogen-bond donors (Lipinski definition) is 2. The van der Waals surface area contributed by atoms with Crippen LogP contribution in [-0.2, 0) is 11.2 Å². The van der Waals surface area contributed by atoms with Gasteiger partial charge in [-0.2, -0.15) is 8.78 Å². The first-order chi connectivity index (χ1) is 13.3. The van der Waals surface area contributed by atoms with Gasteiger partial charge in [-0.1, -0.05) is 35.3 Å². The van der Waals surface area contributed by atoms with Crippen molar-refractivity contribution in [2.24, 2.45) is 0 Å². The molecule has 0 saturated carbocycles. The molecule has 0 bridgehead atoms. The molecule has 0 heterocycles. The summed E-state index contributed by atoms with van der Waals surface area (Å²) in [5, 5.41) is 13.9. The molecule has 0 aromatic heterocycles. The van der Waals surface area contributed by atoms with Crippen molar-refractivity contribution < 1.29 is 23.4 Å². The van der Waals surface area contributed by atoms with Crippen LogP contribution in [0.25, 0.3) is 0 Å². The molecule has 1 amide bonds. The minimum atomic E-state index is -3.00. The predicted molar refractivity (Wildman–Crippen MR) is 103 cm³/mol. The molecule has 9 heteroatoms. The van der Waals surface area contributed by atoms with E-state index in [1.54, 1.807) is 30.1 Å². The summed E-state index contributed by atoms with van der Waals surface area (Å²) in [6.07, 6.45) is -0.397. The zero-order valence-corrected chi connectivity index (χ0v) is 16.3. The summed E-state index contributed by atoms with van der Waals surface area (Å²) in [6.45, 7) is -3.09. The number of fused-ring (bicyclic) bond motifs is 1. The maximum absolute atomic E-state index is 12.5. The van der Waals surface area contributed by atoms with Crippen LogP contribution in [-0.4, -0.2) is 42.2 Å². The number of halogens is 4. The molecule has 28 heavy (non-hydrogen) atoms.